The third-order valence-corrected chi connectivity index (χ3v) is 7.26. The lowest BCUT2D eigenvalue weighted by molar-refractivity contribution is 0.0970. The largest absolute Gasteiger partial charge is 0.349 e. The third kappa shape index (κ3) is 3.30. The minimum Gasteiger partial charge on any atom is -0.349 e. The van der Waals surface area contributed by atoms with E-state index in [1.807, 2.05) is 55.3 Å². The lowest BCUT2D eigenvalue weighted by atomic mass is 10.0. The highest BCUT2D eigenvalue weighted by Gasteiger charge is 2.38. The fourth-order valence-electron chi connectivity index (χ4n) is 3.89. The van der Waals surface area contributed by atoms with Crippen LogP contribution < -0.4 is 9.80 Å². The number of fused-ring (bicyclic) bond motifs is 1. The minimum absolute atomic E-state index is 0.103. The van der Waals surface area contributed by atoms with Gasteiger partial charge in [0.1, 0.15) is 6.17 Å². The van der Waals surface area contributed by atoms with Gasteiger partial charge < -0.3 is 4.90 Å². The first-order chi connectivity index (χ1) is 15.1. The van der Waals surface area contributed by atoms with Gasteiger partial charge in [0.15, 0.2) is 5.69 Å². The summed E-state index contributed by atoms with van der Waals surface area (Å²) in [5.74, 6) is -0.103. The number of anilines is 2. The van der Waals surface area contributed by atoms with E-state index < -0.39 is 0 Å². The number of thiazole rings is 1. The molecule has 2 aromatic carbocycles. The van der Waals surface area contributed by atoms with E-state index in [1.165, 1.54) is 0 Å². The molecule has 5 nitrogen and oxygen atoms in total. The van der Waals surface area contributed by atoms with Gasteiger partial charge in [-0.1, -0.05) is 24.3 Å². The van der Waals surface area contributed by atoms with Crippen LogP contribution in [0.5, 0.6) is 0 Å². The fraction of sp³-hybridized carbons (Fsp3) is 0.125. The van der Waals surface area contributed by atoms with E-state index in [9.17, 15) is 4.79 Å². The molecule has 0 fully saturated rings. The predicted octanol–water partition coefficient (Wildman–Crippen LogP) is 6.53. The normalized spacial score (nSPS) is 15.6. The molecular formula is C24H18N4OS2. The first-order valence-corrected chi connectivity index (χ1v) is 11.4. The van der Waals surface area contributed by atoms with Gasteiger partial charge in [-0.05, 0) is 43.3 Å². The van der Waals surface area contributed by atoms with Crippen LogP contribution in [-0.4, -0.2) is 17.9 Å². The Bertz CT molecular complexity index is 1320. The van der Waals surface area contributed by atoms with Crippen LogP contribution in [0.4, 0.5) is 17.1 Å². The second-order valence-electron chi connectivity index (χ2n) is 7.26. The molecule has 4 aromatic rings. The number of carbonyl (C=O) groups excluding carboxylic acids is 1. The van der Waals surface area contributed by atoms with Crippen molar-refractivity contribution >= 4 is 45.6 Å². The summed E-state index contributed by atoms with van der Waals surface area (Å²) >= 11 is 3.29. The van der Waals surface area contributed by atoms with Crippen LogP contribution in [0.1, 0.15) is 26.4 Å². The van der Waals surface area contributed by atoms with Crippen LogP contribution in [0, 0.1) is 13.5 Å². The number of para-hydroxylation sites is 1. The summed E-state index contributed by atoms with van der Waals surface area (Å²) in [5, 5.41) is 3.10. The number of amides is 1. The summed E-state index contributed by atoms with van der Waals surface area (Å²) in [6, 6.07) is 19.2. The summed E-state index contributed by atoms with van der Waals surface area (Å²) in [4.78, 5) is 27.9. The Balaban J connectivity index is 1.66. The second-order valence-corrected chi connectivity index (χ2v) is 9.44. The first kappa shape index (κ1) is 19.5. The average molecular weight is 443 g/mol. The standard InChI is InChI=1S/C24H18N4OS2/c1-15-26-19(14-30-15)21-11-12-22(31-21)23-27(3)20-10-9-16(25-2)13-18(20)24(29)28(23)17-7-5-4-6-8-17/h4-14,23H,1,3H3. The van der Waals surface area contributed by atoms with Gasteiger partial charge in [0, 0.05) is 28.7 Å². The number of rotatable bonds is 3. The van der Waals surface area contributed by atoms with E-state index in [0.29, 0.717) is 11.3 Å². The molecular weight excluding hydrogens is 424 g/mol. The van der Waals surface area contributed by atoms with E-state index in [-0.39, 0.29) is 12.1 Å². The van der Waals surface area contributed by atoms with Crippen molar-refractivity contribution in [3.63, 3.8) is 0 Å². The molecule has 1 unspecified atom stereocenters. The Labute approximate surface area is 188 Å². The number of hydrogen-bond acceptors (Lipinski definition) is 5. The number of nitrogens with zero attached hydrogens (tertiary/aromatic N) is 4. The van der Waals surface area contributed by atoms with Crippen LogP contribution in [0.2, 0.25) is 0 Å². The van der Waals surface area contributed by atoms with Crippen molar-refractivity contribution in [2.75, 3.05) is 16.8 Å². The average Bonchev–Trinajstić information content (AvgIpc) is 3.45. The van der Waals surface area contributed by atoms with Crippen LogP contribution in [-0.2, 0) is 0 Å². The molecule has 5 rings (SSSR count). The molecule has 0 N–H and O–H groups in total. The molecule has 0 saturated heterocycles. The van der Waals surface area contributed by atoms with Crippen LogP contribution in [0.25, 0.3) is 15.4 Å². The van der Waals surface area contributed by atoms with Gasteiger partial charge in [-0.3, -0.25) is 9.69 Å². The number of thiophene rings is 1. The van der Waals surface area contributed by atoms with Gasteiger partial charge in [0.25, 0.3) is 5.91 Å². The van der Waals surface area contributed by atoms with E-state index >= 15 is 0 Å². The lowest BCUT2D eigenvalue weighted by Crippen LogP contribution is -2.47. The van der Waals surface area contributed by atoms with Gasteiger partial charge in [0.2, 0.25) is 0 Å². The van der Waals surface area contributed by atoms with E-state index in [0.717, 1.165) is 31.8 Å². The molecule has 0 radical (unpaired) electrons. The number of carbonyl (C=O) groups is 1. The number of hydrogen-bond donors (Lipinski definition) is 0. The summed E-state index contributed by atoms with van der Waals surface area (Å²) in [6.07, 6.45) is -0.292. The Hall–Kier alpha value is -3.47. The molecule has 7 heteroatoms. The van der Waals surface area contributed by atoms with Crippen molar-refractivity contribution in [1.82, 2.24) is 4.98 Å². The van der Waals surface area contributed by atoms with E-state index in [2.05, 4.69) is 32.2 Å². The highest BCUT2D eigenvalue weighted by atomic mass is 32.1. The molecule has 1 aliphatic heterocycles. The number of aromatic nitrogens is 1. The highest BCUT2D eigenvalue weighted by Crippen LogP contribution is 2.44. The molecule has 1 atom stereocenters. The summed E-state index contributed by atoms with van der Waals surface area (Å²) < 4.78 is 0. The van der Waals surface area contributed by atoms with Crippen molar-refractivity contribution in [2.24, 2.45) is 0 Å². The highest BCUT2D eigenvalue weighted by molar-refractivity contribution is 7.16. The van der Waals surface area contributed by atoms with Crippen molar-refractivity contribution in [3.05, 3.63) is 92.9 Å². The number of benzene rings is 2. The van der Waals surface area contributed by atoms with Crippen molar-refractivity contribution < 1.29 is 4.79 Å². The maximum absolute atomic E-state index is 13.7. The van der Waals surface area contributed by atoms with Gasteiger partial charge in [-0.2, -0.15) is 0 Å². The molecule has 1 amide bonds. The summed E-state index contributed by atoms with van der Waals surface area (Å²) in [6.45, 7) is 9.34. The molecule has 0 spiro atoms. The van der Waals surface area contributed by atoms with Gasteiger partial charge >= 0.3 is 0 Å². The molecule has 2 aromatic heterocycles. The van der Waals surface area contributed by atoms with Gasteiger partial charge in [-0.15, -0.1) is 22.7 Å². The minimum atomic E-state index is -0.292. The van der Waals surface area contributed by atoms with Crippen molar-refractivity contribution in [1.29, 1.82) is 0 Å². The van der Waals surface area contributed by atoms with Gasteiger partial charge in [-0.25, -0.2) is 9.83 Å². The molecule has 0 bridgehead atoms. The number of aryl methyl sites for hydroxylation is 1. The molecule has 0 aliphatic carbocycles. The molecule has 31 heavy (non-hydrogen) atoms. The third-order valence-electron chi connectivity index (χ3n) is 5.34. The van der Waals surface area contributed by atoms with Crippen LogP contribution in [0.3, 0.4) is 0 Å². The fourth-order valence-corrected chi connectivity index (χ4v) is 5.68. The smallest absolute Gasteiger partial charge is 0.261 e. The Kier molecular flexibility index (Phi) is 4.81. The quantitative estimate of drug-likeness (QED) is 0.339. The maximum atomic E-state index is 13.7. The SMILES string of the molecule is [C-]#[N+]c1ccc2c(c1)C(=O)N(c1ccccc1)C(c1ccc(-c3csc(C)n3)s1)N2C. The Morgan fingerprint density at radius 1 is 1.10 bits per heavy atom. The monoisotopic (exact) mass is 442 g/mol. The predicted molar refractivity (Wildman–Crippen MR) is 127 cm³/mol. The summed E-state index contributed by atoms with van der Waals surface area (Å²) in [5.41, 5.74) is 3.63. The zero-order valence-corrected chi connectivity index (χ0v) is 18.6. The van der Waals surface area contributed by atoms with Crippen LogP contribution in [0.15, 0.2) is 66.0 Å². The van der Waals surface area contributed by atoms with E-state index in [4.69, 9.17) is 6.57 Å². The zero-order valence-electron chi connectivity index (χ0n) is 16.9. The van der Waals surface area contributed by atoms with Crippen molar-refractivity contribution in [2.45, 2.75) is 13.1 Å². The molecule has 0 saturated carbocycles. The maximum Gasteiger partial charge on any atom is 0.261 e. The van der Waals surface area contributed by atoms with Crippen LogP contribution >= 0.6 is 22.7 Å². The van der Waals surface area contributed by atoms with Crippen molar-refractivity contribution in [3.8, 4) is 10.6 Å². The van der Waals surface area contributed by atoms with E-state index in [1.54, 1.807) is 34.8 Å². The molecule has 152 valence electrons. The first-order valence-electron chi connectivity index (χ1n) is 9.72. The second kappa shape index (κ2) is 7.65. The topological polar surface area (TPSA) is 40.8 Å². The zero-order chi connectivity index (χ0) is 21.5. The Morgan fingerprint density at radius 3 is 2.61 bits per heavy atom. The molecule has 1 aliphatic rings. The van der Waals surface area contributed by atoms with Gasteiger partial charge in [0.05, 0.1) is 27.7 Å². The summed E-state index contributed by atoms with van der Waals surface area (Å²) in [7, 11) is 2.00. The molecule has 3 heterocycles. The Morgan fingerprint density at radius 2 is 1.90 bits per heavy atom. The lowest BCUT2D eigenvalue weighted by Gasteiger charge is -2.43.